The summed E-state index contributed by atoms with van der Waals surface area (Å²) in [5, 5.41) is 0. The molecule has 60 valence electrons. The first-order valence-corrected chi connectivity index (χ1v) is 6.42. The van der Waals surface area contributed by atoms with Gasteiger partial charge in [0.2, 0.25) is 0 Å². The van der Waals surface area contributed by atoms with Crippen molar-refractivity contribution >= 4 is 20.6 Å². The van der Waals surface area contributed by atoms with E-state index in [-0.39, 0.29) is 0 Å². The Morgan fingerprint density at radius 1 is 1.70 bits per heavy atom. The van der Waals surface area contributed by atoms with E-state index in [9.17, 15) is 4.21 Å². The van der Waals surface area contributed by atoms with Crippen molar-refractivity contribution < 1.29 is 4.21 Å². The zero-order chi connectivity index (χ0) is 7.56. The third kappa shape index (κ3) is 2.62. The van der Waals surface area contributed by atoms with Crippen LogP contribution in [0.3, 0.4) is 0 Å². The molecular weight excluding hydrogens is 164 g/mol. The maximum atomic E-state index is 10.7. The van der Waals surface area contributed by atoms with Crippen LogP contribution in [-0.2, 0) is 9.83 Å². The van der Waals surface area contributed by atoms with Crippen molar-refractivity contribution in [1.29, 1.82) is 0 Å². The number of hydrogen-bond acceptors (Lipinski definition) is 2. The summed E-state index contributed by atoms with van der Waals surface area (Å²) in [7, 11) is 1.11. The Balaban J connectivity index is 2.07. The van der Waals surface area contributed by atoms with Gasteiger partial charge >= 0.3 is 0 Å². The maximum Gasteiger partial charge on any atom is 0.103 e. The summed E-state index contributed by atoms with van der Waals surface area (Å²) in [6.07, 6.45) is 3.70. The fourth-order valence-corrected chi connectivity index (χ4v) is 3.46. The van der Waals surface area contributed by atoms with Gasteiger partial charge in [-0.2, -0.15) is 0 Å². The lowest BCUT2D eigenvalue weighted by molar-refractivity contribution is 0.506. The van der Waals surface area contributed by atoms with E-state index >= 15 is 0 Å². The van der Waals surface area contributed by atoms with Crippen molar-refractivity contribution in [3.8, 4) is 0 Å². The van der Waals surface area contributed by atoms with E-state index < -0.39 is 9.83 Å². The summed E-state index contributed by atoms with van der Waals surface area (Å²) in [5.74, 6) is 0.772. The summed E-state index contributed by atoms with van der Waals surface area (Å²) in [6.45, 7) is 4.45. The molecule has 0 aromatic rings. The van der Waals surface area contributed by atoms with Crippen LogP contribution >= 0.6 is 10.8 Å². The smallest absolute Gasteiger partial charge is 0.103 e. The maximum absolute atomic E-state index is 10.7. The molecule has 0 spiro atoms. The Morgan fingerprint density at radius 2 is 2.30 bits per heavy atom. The van der Waals surface area contributed by atoms with Gasteiger partial charge in [-0.05, 0) is 23.1 Å². The molecule has 1 heterocycles. The highest BCUT2D eigenvalue weighted by Crippen LogP contribution is 2.43. The Morgan fingerprint density at radius 3 is 2.70 bits per heavy atom. The van der Waals surface area contributed by atoms with E-state index in [1.165, 1.54) is 12.8 Å². The Kier molecular flexibility index (Phi) is 3.24. The predicted octanol–water partition coefficient (Wildman–Crippen LogP) is 2.55. The molecule has 3 heteroatoms. The molecule has 0 amide bonds. The molecular formula is C7H14OS2. The Bertz CT molecular complexity index is 136. The minimum absolute atomic E-state index is 0.488. The van der Waals surface area contributed by atoms with Gasteiger partial charge in [-0.3, -0.25) is 0 Å². The first-order valence-electron chi connectivity index (χ1n) is 3.81. The molecule has 1 fully saturated rings. The van der Waals surface area contributed by atoms with Gasteiger partial charge < -0.3 is 0 Å². The van der Waals surface area contributed by atoms with Crippen LogP contribution < -0.4 is 0 Å². The monoisotopic (exact) mass is 178 g/mol. The molecule has 0 aliphatic carbocycles. The summed E-state index contributed by atoms with van der Waals surface area (Å²) in [4.78, 5) is 0. The van der Waals surface area contributed by atoms with Gasteiger partial charge in [-0.25, -0.2) is 4.21 Å². The first-order chi connectivity index (χ1) is 4.74. The molecule has 0 N–H and O–H groups in total. The van der Waals surface area contributed by atoms with Gasteiger partial charge in [0, 0.05) is 0 Å². The first kappa shape index (κ1) is 8.60. The van der Waals surface area contributed by atoms with Crippen LogP contribution in [0.2, 0.25) is 0 Å². The van der Waals surface area contributed by atoms with E-state index in [0.717, 1.165) is 12.3 Å². The fourth-order valence-electron chi connectivity index (χ4n) is 1.14. The van der Waals surface area contributed by atoms with Crippen LogP contribution in [0.4, 0.5) is 0 Å². The topological polar surface area (TPSA) is 17.1 Å². The summed E-state index contributed by atoms with van der Waals surface area (Å²) in [5.41, 5.74) is 0. The van der Waals surface area contributed by atoms with Crippen LogP contribution in [-0.4, -0.2) is 8.79 Å². The SMILES string of the molecule is CCCC(C)CC1SS1=O. The lowest BCUT2D eigenvalue weighted by Crippen LogP contribution is -1.97. The molecule has 3 atom stereocenters. The minimum Gasteiger partial charge on any atom is -0.247 e. The van der Waals surface area contributed by atoms with Crippen molar-refractivity contribution in [2.24, 2.45) is 5.92 Å². The Labute approximate surface area is 68.8 Å². The molecule has 0 saturated carbocycles. The second-order valence-electron chi connectivity index (χ2n) is 2.92. The minimum atomic E-state index is -0.506. The Hall–Kier alpha value is 0.500. The van der Waals surface area contributed by atoms with E-state index in [1.807, 2.05) is 0 Å². The third-order valence-corrected chi connectivity index (χ3v) is 4.76. The quantitative estimate of drug-likeness (QED) is 0.486. The van der Waals surface area contributed by atoms with Crippen LogP contribution in [0, 0.1) is 5.92 Å². The lowest BCUT2D eigenvalue weighted by Gasteiger charge is -2.05. The highest BCUT2D eigenvalue weighted by molar-refractivity contribution is 8.85. The van der Waals surface area contributed by atoms with Gasteiger partial charge in [0.15, 0.2) is 0 Å². The van der Waals surface area contributed by atoms with Crippen LogP contribution in [0.5, 0.6) is 0 Å². The second kappa shape index (κ2) is 3.77. The molecule has 1 rings (SSSR count). The predicted molar refractivity (Wildman–Crippen MR) is 48.2 cm³/mol. The summed E-state index contributed by atoms with van der Waals surface area (Å²) >= 11 is 0. The summed E-state index contributed by atoms with van der Waals surface area (Å²) < 4.78 is 11.2. The van der Waals surface area contributed by atoms with Gasteiger partial charge in [-0.15, -0.1) is 0 Å². The van der Waals surface area contributed by atoms with E-state index in [1.54, 1.807) is 10.8 Å². The molecule has 1 aliphatic heterocycles. The molecule has 1 nitrogen and oxygen atoms in total. The third-order valence-electron chi connectivity index (χ3n) is 1.76. The molecule has 0 radical (unpaired) electrons. The van der Waals surface area contributed by atoms with Crippen molar-refractivity contribution in [3.63, 3.8) is 0 Å². The molecule has 1 aliphatic rings. The summed E-state index contributed by atoms with van der Waals surface area (Å²) in [6, 6.07) is 0. The van der Waals surface area contributed by atoms with Crippen molar-refractivity contribution in [2.45, 2.75) is 37.7 Å². The average molecular weight is 178 g/mol. The van der Waals surface area contributed by atoms with Gasteiger partial charge in [0.05, 0.1) is 9.83 Å². The van der Waals surface area contributed by atoms with E-state index in [2.05, 4.69) is 13.8 Å². The van der Waals surface area contributed by atoms with E-state index in [0.29, 0.717) is 4.58 Å². The molecule has 10 heavy (non-hydrogen) atoms. The largest absolute Gasteiger partial charge is 0.247 e. The van der Waals surface area contributed by atoms with Gasteiger partial charge in [0.25, 0.3) is 0 Å². The van der Waals surface area contributed by atoms with Crippen LogP contribution in [0.25, 0.3) is 0 Å². The zero-order valence-corrected chi connectivity index (χ0v) is 8.13. The van der Waals surface area contributed by atoms with Gasteiger partial charge in [0.1, 0.15) is 4.58 Å². The lowest BCUT2D eigenvalue weighted by atomic mass is 10.0. The molecule has 0 bridgehead atoms. The normalized spacial score (nSPS) is 33.8. The second-order valence-corrected chi connectivity index (χ2v) is 6.63. The van der Waals surface area contributed by atoms with Crippen LogP contribution in [0.1, 0.15) is 33.1 Å². The highest BCUT2D eigenvalue weighted by Gasteiger charge is 2.35. The molecule has 0 aromatic heterocycles. The standard InChI is InChI=1S/C7H14OS2/c1-3-4-6(2)5-7-9-10(7)8/h6-7H,3-5H2,1-2H3. The molecule has 3 unspecified atom stereocenters. The fraction of sp³-hybridized carbons (Fsp3) is 1.00. The zero-order valence-electron chi connectivity index (χ0n) is 6.50. The average Bonchev–Trinajstić information content (AvgIpc) is 2.47. The van der Waals surface area contributed by atoms with E-state index in [4.69, 9.17) is 0 Å². The highest BCUT2D eigenvalue weighted by atomic mass is 33.2. The molecule has 0 aromatic carbocycles. The van der Waals surface area contributed by atoms with Crippen molar-refractivity contribution in [1.82, 2.24) is 0 Å². The van der Waals surface area contributed by atoms with Crippen molar-refractivity contribution in [3.05, 3.63) is 0 Å². The molecule has 1 saturated heterocycles. The van der Waals surface area contributed by atoms with Crippen molar-refractivity contribution in [2.75, 3.05) is 0 Å². The number of hydrogen-bond donors (Lipinski definition) is 0. The van der Waals surface area contributed by atoms with Crippen LogP contribution in [0.15, 0.2) is 0 Å². The van der Waals surface area contributed by atoms with Gasteiger partial charge in [-0.1, -0.05) is 26.7 Å². The number of rotatable bonds is 4.